The minimum atomic E-state index is -0.376. The number of anilines is 1. The number of aryl methyl sites for hydroxylation is 1. The van der Waals surface area contributed by atoms with Gasteiger partial charge in [0.05, 0.1) is 6.54 Å². The van der Waals surface area contributed by atoms with Crippen LogP contribution < -0.4 is 10.9 Å². The lowest BCUT2D eigenvalue weighted by atomic mass is 10.3. The topological polar surface area (TPSA) is 77.1 Å². The molecule has 3 heterocycles. The number of hydrogen-bond donors (Lipinski definition) is 1. The first-order chi connectivity index (χ1) is 11.1. The minimum Gasteiger partial charge on any atom is -0.454 e. The summed E-state index contributed by atoms with van der Waals surface area (Å²) in [4.78, 5) is 28.0. The predicted molar refractivity (Wildman–Crippen MR) is 85.4 cm³/mol. The van der Waals surface area contributed by atoms with Crippen LogP contribution in [-0.4, -0.2) is 15.5 Å². The van der Waals surface area contributed by atoms with Crippen molar-refractivity contribution in [2.45, 2.75) is 13.5 Å². The summed E-state index contributed by atoms with van der Waals surface area (Å²) in [5.74, 6) is 0.823. The first kappa shape index (κ1) is 14.8. The van der Waals surface area contributed by atoms with E-state index >= 15 is 0 Å². The average molecular weight is 309 g/mol. The molecule has 0 bridgehead atoms. The van der Waals surface area contributed by atoms with Gasteiger partial charge in [0.15, 0.2) is 5.76 Å². The second-order valence-electron chi connectivity index (χ2n) is 5.06. The zero-order chi connectivity index (χ0) is 16.2. The maximum absolute atomic E-state index is 12.2. The van der Waals surface area contributed by atoms with Gasteiger partial charge in [0.2, 0.25) is 0 Å². The molecule has 0 radical (unpaired) electrons. The van der Waals surface area contributed by atoms with Crippen LogP contribution in [0.2, 0.25) is 0 Å². The molecular weight excluding hydrogens is 294 g/mol. The molecule has 0 saturated carbocycles. The molecule has 116 valence electrons. The number of hydrogen-bond acceptors (Lipinski definition) is 4. The second-order valence-corrected chi connectivity index (χ2v) is 5.06. The van der Waals surface area contributed by atoms with E-state index in [1.54, 1.807) is 42.7 Å². The number of furan rings is 1. The van der Waals surface area contributed by atoms with E-state index in [2.05, 4.69) is 10.3 Å². The van der Waals surface area contributed by atoms with E-state index in [4.69, 9.17) is 4.42 Å². The van der Waals surface area contributed by atoms with Crippen LogP contribution in [0, 0.1) is 6.92 Å². The Morgan fingerprint density at radius 3 is 2.87 bits per heavy atom. The van der Waals surface area contributed by atoms with Gasteiger partial charge < -0.3 is 14.3 Å². The van der Waals surface area contributed by atoms with Crippen molar-refractivity contribution in [3.05, 3.63) is 82.3 Å². The normalized spacial score (nSPS) is 10.5. The average Bonchev–Trinajstić information content (AvgIpc) is 3.01. The molecule has 6 heteroatoms. The number of amides is 1. The molecule has 0 saturated heterocycles. The molecule has 0 fully saturated rings. The smallest absolute Gasteiger partial charge is 0.292 e. The Balaban J connectivity index is 1.74. The molecule has 0 aromatic carbocycles. The van der Waals surface area contributed by atoms with Crippen LogP contribution in [0.5, 0.6) is 0 Å². The first-order valence-electron chi connectivity index (χ1n) is 7.10. The maximum Gasteiger partial charge on any atom is 0.292 e. The number of aromatic nitrogens is 2. The highest BCUT2D eigenvalue weighted by atomic mass is 16.4. The van der Waals surface area contributed by atoms with E-state index in [9.17, 15) is 9.59 Å². The molecule has 0 aliphatic heterocycles. The molecule has 23 heavy (non-hydrogen) atoms. The van der Waals surface area contributed by atoms with Crippen LogP contribution in [-0.2, 0) is 6.54 Å². The summed E-state index contributed by atoms with van der Waals surface area (Å²) in [6.07, 6.45) is 3.28. The van der Waals surface area contributed by atoms with Gasteiger partial charge in [-0.25, -0.2) is 4.98 Å². The number of pyridine rings is 2. The molecular formula is C17H15N3O3. The second kappa shape index (κ2) is 6.31. The van der Waals surface area contributed by atoms with Crippen LogP contribution in [0.25, 0.3) is 0 Å². The van der Waals surface area contributed by atoms with Crippen molar-refractivity contribution >= 4 is 11.7 Å². The number of carbonyl (C=O) groups excluding carboxylic acids is 1. The van der Waals surface area contributed by atoms with Crippen molar-refractivity contribution in [2.75, 3.05) is 5.32 Å². The van der Waals surface area contributed by atoms with Gasteiger partial charge in [-0.3, -0.25) is 9.59 Å². The summed E-state index contributed by atoms with van der Waals surface area (Å²) in [6.45, 7) is 2.13. The molecule has 3 aromatic heterocycles. The fourth-order valence-corrected chi connectivity index (χ4v) is 2.13. The van der Waals surface area contributed by atoms with Gasteiger partial charge in [0.1, 0.15) is 11.6 Å². The SMILES string of the molecule is Cc1cccnc1NC(=O)c1ccc(Cn2ccccc2=O)o1. The lowest BCUT2D eigenvalue weighted by molar-refractivity contribution is 0.0994. The summed E-state index contributed by atoms with van der Waals surface area (Å²) < 4.78 is 7.02. The Hall–Kier alpha value is -3.15. The minimum absolute atomic E-state index is 0.126. The number of nitrogens with zero attached hydrogens (tertiary/aromatic N) is 2. The Morgan fingerprint density at radius 1 is 1.22 bits per heavy atom. The molecule has 3 rings (SSSR count). The Labute approximate surface area is 132 Å². The molecule has 0 atom stereocenters. The predicted octanol–water partition coefficient (Wildman–Crippen LogP) is 2.45. The van der Waals surface area contributed by atoms with E-state index in [1.165, 1.54) is 10.6 Å². The van der Waals surface area contributed by atoms with Crippen LogP contribution in [0.3, 0.4) is 0 Å². The molecule has 0 aliphatic carbocycles. The highest BCUT2D eigenvalue weighted by Crippen LogP contribution is 2.14. The lowest BCUT2D eigenvalue weighted by Crippen LogP contribution is -2.18. The highest BCUT2D eigenvalue weighted by molar-refractivity contribution is 6.02. The molecule has 1 amide bonds. The highest BCUT2D eigenvalue weighted by Gasteiger charge is 2.13. The zero-order valence-corrected chi connectivity index (χ0v) is 12.5. The van der Waals surface area contributed by atoms with Crippen LogP contribution in [0.1, 0.15) is 21.9 Å². The van der Waals surface area contributed by atoms with Crippen LogP contribution in [0.15, 0.2) is 64.1 Å². The Kier molecular flexibility index (Phi) is 4.05. The molecule has 1 N–H and O–H groups in total. The largest absolute Gasteiger partial charge is 0.454 e. The summed E-state index contributed by atoms with van der Waals surface area (Å²) in [6, 6.07) is 11.8. The van der Waals surface area contributed by atoms with Gasteiger partial charge in [0.25, 0.3) is 11.5 Å². The summed E-state index contributed by atoms with van der Waals surface area (Å²) in [7, 11) is 0. The van der Waals surface area contributed by atoms with Gasteiger partial charge in [-0.1, -0.05) is 12.1 Å². The molecule has 3 aromatic rings. The maximum atomic E-state index is 12.2. The van der Waals surface area contributed by atoms with E-state index in [1.807, 2.05) is 13.0 Å². The van der Waals surface area contributed by atoms with Gasteiger partial charge in [0, 0.05) is 18.5 Å². The van der Waals surface area contributed by atoms with E-state index in [0.717, 1.165) is 5.56 Å². The van der Waals surface area contributed by atoms with Crippen molar-refractivity contribution in [2.24, 2.45) is 0 Å². The molecule has 0 aliphatic rings. The van der Waals surface area contributed by atoms with E-state index in [-0.39, 0.29) is 23.8 Å². The fraction of sp³-hybridized carbons (Fsp3) is 0.118. The standard InChI is InChI=1S/C17H15N3O3/c1-12-5-4-9-18-16(12)19-17(22)14-8-7-13(23-14)11-20-10-3-2-6-15(20)21/h2-10H,11H2,1H3,(H,18,19,22). The third-order valence-electron chi connectivity index (χ3n) is 3.35. The van der Waals surface area contributed by atoms with Crippen molar-refractivity contribution in [3.63, 3.8) is 0 Å². The zero-order valence-electron chi connectivity index (χ0n) is 12.5. The summed E-state index contributed by atoms with van der Waals surface area (Å²) in [5.41, 5.74) is 0.738. The van der Waals surface area contributed by atoms with Crippen LogP contribution in [0.4, 0.5) is 5.82 Å². The number of carbonyl (C=O) groups is 1. The molecule has 0 spiro atoms. The summed E-state index contributed by atoms with van der Waals surface area (Å²) in [5, 5.41) is 2.70. The van der Waals surface area contributed by atoms with E-state index < -0.39 is 0 Å². The number of rotatable bonds is 4. The first-order valence-corrected chi connectivity index (χ1v) is 7.10. The fourth-order valence-electron chi connectivity index (χ4n) is 2.13. The lowest BCUT2D eigenvalue weighted by Gasteiger charge is -2.05. The van der Waals surface area contributed by atoms with Crippen molar-refractivity contribution < 1.29 is 9.21 Å². The molecule has 0 unspecified atom stereocenters. The quantitative estimate of drug-likeness (QED) is 0.803. The monoisotopic (exact) mass is 309 g/mol. The molecule has 6 nitrogen and oxygen atoms in total. The van der Waals surface area contributed by atoms with Crippen molar-refractivity contribution in [1.29, 1.82) is 0 Å². The third-order valence-corrected chi connectivity index (χ3v) is 3.35. The van der Waals surface area contributed by atoms with Gasteiger partial charge >= 0.3 is 0 Å². The van der Waals surface area contributed by atoms with Gasteiger partial charge in [-0.2, -0.15) is 0 Å². The third kappa shape index (κ3) is 3.37. The van der Waals surface area contributed by atoms with Crippen LogP contribution >= 0.6 is 0 Å². The van der Waals surface area contributed by atoms with Gasteiger partial charge in [-0.15, -0.1) is 0 Å². The Bertz CT molecular complexity index is 896. The van der Waals surface area contributed by atoms with Crippen molar-refractivity contribution in [1.82, 2.24) is 9.55 Å². The Morgan fingerprint density at radius 2 is 2.09 bits per heavy atom. The van der Waals surface area contributed by atoms with Gasteiger partial charge in [-0.05, 0) is 36.8 Å². The van der Waals surface area contributed by atoms with E-state index in [0.29, 0.717) is 11.6 Å². The number of nitrogens with one attached hydrogen (secondary N) is 1. The van der Waals surface area contributed by atoms with Crippen molar-refractivity contribution in [3.8, 4) is 0 Å². The summed E-state index contributed by atoms with van der Waals surface area (Å²) >= 11 is 0.